The van der Waals surface area contributed by atoms with Crippen LogP contribution in [0.4, 0.5) is 15.2 Å². The van der Waals surface area contributed by atoms with E-state index in [9.17, 15) is 9.18 Å². The fourth-order valence-corrected chi connectivity index (χ4v) is 4.74. The van der Waals surface area contributed by atoms with Crippen LogP contribution >= 0.6 is 23.1 Å². The quantitative estimate of drug-likeness (QED) is 0.482. The van der Waals surface area contributed by atoms with Crippen LogP contribution in [0.25, 0.3) is 0 Å². The maximum Gasteiger partial charge on any atom is 0.233 e. The first-order valence-electron chi connectivity index (χ1n) is 9.09. The molecular weight excluding hydrogens is 383 g/mol. The molecule has 1 atom stereocenters. The number of nitrogens with zero attached hydrogens (tertiary/aromatic N) is 2. The first kappa shape index (κ1) is 19.8. The number of carbonyl (C=O) groups excluding carboxylic acids is 1. The lowest BCUT2D eigenvalue weighted by molar-refractivity contribution is -0.120. The van der Waals surface area contributed by atoms with E-state index in [-0.39, 0.29) is 17.0 Å². The van der Waals surface area contributed by atoms with Gasteiger partial charge in [-0.2, -0.15) is 0 Å². The van der Waals surface area contributed by atoms with Gasteiger partial charge in [-0.05, 0) is 51.2 Å². The van der Waals surface area contributed by atoms with Gasteiger partial charge in [0.05, 0.1) is 10.9 Å². The second-order valence-electron chi connectivity index (χ2n) is 6.39. The summed E-state index contributed by atoms with van der Waals surface area (Å²) >= 11 is 2.66. The first-order chi connectivity index (χ1) is 13.1. The highest BCUT2D eigenvalue weighted by molar-refractivity contribution is 8.02. The Morgan fingerprint density at radius 1 is 1.33 bits per heavy atom. The summed E-state index contributed by atoms with van der Waals surface area (Å²) in [5.74, 6) is -0.349. The lowest BCUT2D eigenvalue weighted by atomic mass is 9.97. The summed E-state index contributed by atoms with van der Waals surface area (Å²) in [5, 5.41) is 14.2. The van der Waals surface area contributed by atoms with Crippen LogP contribution in [-0.4, -0.2) is 27.9 Å². The number of amides is 1. The number of benzene rings is 1. The van der Waals surface area contributed by atoms with Gasteiger partial charge >= 0.3 is 0 Å². The lowest BCUT2D eigenvalue weighted by Gasteiger charge is -2.14. The summed E-state index contributed by atoms with van der Waals surface area (Å²) in [4.78, 5) is 12.3. The monoisotopic (exact) mass is 406 g/mol. The molecule has 2 aromatic rings. The van der Waals surface area contributed by atoms with E-state index in [1.165, 1.54) is 47.6 Å². The van der Waals surface area contributed by atoms with Crippen LogP contribution in [0.2, 0.25) is 0 Å². The molecule has 0 aliphatic heterocycles. The standard InChI is InChI=1S/C19H23FN4OS2/c1-13(17(25)21-12-11-14-7-3-2-4-8-14)26-19-24-23-18(27-19)22-16-10-6-5-9-15(16)20/h5-7,9-10,13H,2-4,8,11-12H2,1H3,(H,21,25)(H,22,23). The minimum absolute atomic E-state index is 0.00442. The molecule has 1 aromatic carbocycles. The van der Waals surface area contributed by atoms with Crippen LogP contribution < -0.4 is 10.6 Å². The topological polar surface area (TPSA) is 66.9 Å². The number of halogens is 1. The fourth-order valence-electron chi connectivity index (χ4n) is 2.81. The number of aromatic nitrogens is 2. The maximum atomic E-state index is 13.7. The molecule has 8 heteroatoms. The molecule has 0 fully saturated rings. The largest absolute Gasteiger partial charge is 0.355 e. The van der Waals surface area contributed by atoms with Crippen LogP contribution in [0.3, 0.4) is 0 Å². The zero-order valence-corrected chi connectivity index (χ0v) is 16.8. The highest BCUT2D eigenvalue weighted by Gasteiger charge is 2.17. The van der Waals surface area contributed by atoms with Gasteiger partial charge in [0, 0.05) is 6.54 Å². The Morgan fingerprint density at radius 2 is 2.19 bits per heavy atom. The van der Waals surface area contributed by atoms with E-state index in [1.54, 1.807) is 18.2 Å². The van der Waals surface area contributed by atoms with Crippen molar-refractivity contribution in [2.24, 2.45) is 0 Å². The van der Waals surface area contributed by atoms with E-state index >= 15 is 0 Å². The molecular formula is C19H23FN4OS2. The van der Waals surface area contributed by atoms with Gasteiger partial charge in [-0.15, -0.1) is 10.2 Å². The minimum Gasteiger partial charge on any atom is -0.355 e. The molecule has 0 saturated heterocycles. The number of para-hydroxylation sites is 1. The third kappa shape index (κ3) is 6.04. The highest BCUT2D eigenvalue weighted by atomic mass is 32.2. The van der Waals surface area contributed by atoms with Gasteiger partial charge in [-0.25, -0.2) is 4.39 Å². The Bertz CT molecular complexity index is 809. The van der Waals surface area contributed by atoms with E-state index in [4.69, 9.17) is 0 Å². The summed E-state index contributed by atoms with van der Waals surface area (Å²) in [7, 11) is 0. The zero-order chi connectivity index (χ0) is 19.1. The van der Waals surface area contributed by atoms with Gasteiger partial charge in [0.1, 0.15) is 5.82 Å². The summed E-state index contributed by atoms with van der Waals surface area (Å²) in [6, 6.07) is 6.40. The SMILES string of the molecule is CC(Sc1nnc(Nc2ccccc2F)s1)C(=O)NCCC1=CCCCC1. The fraction of sp³-hybridized carbons (Fsp3) is 0.421. The number of carbonyl (C=O) groups is 1. The Hall–Kier alpha value is -1.93. The predicted molar refractivity (Wildman–Crippen MR) is 109 cm³/mol. The number of rotatable bonds is 8. The van der Waals surface area contributed by atoms with Crippen LogP contribution in [0, 0.1) is 5.82 Å². The number of hydrogen-bond donors (Lipinski definition) is 2. The molecule has 0 bridgehead atoms. The molecule has 27 heavy (non-hydrogen) atoms. The molecule has 144 valence electrons. The van der Waals surface area contributed by atoms with Crippen molar-refractivity contribution in [3.8, 4) is 0 Å². The number of allylic oxidation sites excluding steroid dienone is 1. The number of anilines is 2. The van der Waals surface area contributed by atoms with Gasteiger partial charge in [-0.3, -0.25) is 4.79 Å². The lowest BCUT2D eigenvalue weighted by Crippen LogP contribution is -2.31. The Morgan fingerprint density at radius 3 is 2.96 bits per heavy atom. The summed E-state index contributed by atoms with van der Waals surface area (Å²) in [6.07, 6.45) is 8.09. The second kappa shape index (κ2) is 9.85. The average molecular weight is 407 g/mol. The third-order valence-electron chi connectivity index (χ3n) is 4.30. The van der Waals surface area contributed by atoms with Crippen molar-refractivity contribution in [2.45, 2.75) is 48.6 Å². The predicted octanol–water partition coefficient (Wildman–Crippen LogP) is 4.91. The first-order valence-corrected chi connectivity index (χ1v) is 10.8. The molecule has 1 amide bonds. The van der Waals surface area contributed by atoms with Crippen molar-refractivity contribution >= 4 is 39.8 Å². The number of hydrogen-bond acceptors (Lipinski definition) is 6. The van der Waals surface area contributed by atoms with Crippen molar-refractivity contribution in [2.75, 3.05) is 11.9 Å². The van der Waals surface area contributed by atoms with E-state index < -0.39 is 0 Å². The summed E-state index contributed by atoms with van der Waals surface area (Å²) in [6.45, 7) is 2.52. The third-order valence-corrected chi connectivity index (χ3v) is 6.32. The van der Waals surface area contributed by atoms with Gasteiger partial charge in [0.2, 0.25) is 11.0 Å². The van der Waals surface area contributed by atoms with Crippen LogP contribution in [0.1, 0.15) is 39.0 Å². The van der Waals surface area contributed by atoms with Crippen LogP contribution in [0.15, 0.2) is 40.3 Å². The number of thioether (sulfide) groups is 1. The second-order valence-corrected chi connectivity index (χ2v) is 8.95. The van der Waals surface area contributed by atoms with Crippen LogP contribution in [0.5, 0.6) is 0 Å². The molecule has 5 nitrogen and oxygen atoms in total. The molecule has 1 heterocycles. The molecule has 3 rings (SSSR count). The van der Waals surface area contributed by atoms with Gasteiger partial charge in [0.15, 0.2) is 4.34 Å². The molecule has 1 aliphatic rings. The molecule has 0 spiro atoms. The van der Waals surface area contributed by atoms with Gasteiger partial charge in [0.25, 0.3) is 0 Å². The van der Waals surface area contributed by atoms with Crippen molar-refractivity contribution in [3.05, 3.63) is 41.7 Å². The highest BCUT2D eigenvalue weighted by Crippen LogP contribution is 2.31. The van der Waals surface area contributed by atoms with Crippen LogP contribution in [-0.2, 0) is 4.79 Å². The maximum absolute atomic E-state index is 13.7. The molecule has 1 aromatic heterocycles. The molecule has 1 unspecified atom stereocenters. The molecule has 1 aliphatic carbocycles. The summed E-state index contributed by atoms with van der Waals surface area (Å²) < 4.78 is 14.4. The smallest absolute Gasteiger partial charge is 0.233 e. The van der Waals surface area contributed by atoms with E-state index in [1.807, 2.05) is 6.92 Å². The zero-order valence-electron chi connectivity index (χ0n) is 15.2. The molecule has 2 N–H and O–H groups in total. The Kier molecular flexibility index (Phi) is 7.23. The van der Waals surface area contributed by atoms with Crippen molar-refractivity contribution in [1.29, 1.82) is 0 Å². The number of nitrogens with one attached hydrogen (secondary N) is 2. The molecule has 0 radical (unpaired) electrons. The van der Waals surface area contributed by atoms with E-state index in [0.717, 1.165) is 19.3 Å². The van der Waals surface area contributed by atoms with Crippen molar-refractivity contribution in [3.63, 3.8) is 0 Å². The van der Waals surface area contributed by atoms with Gasteiger partial charge < -0.3 is 10.6 Å². The van der Waals surface area contributed by atoms with Crippen molar-refractivity contribution < 1.29 is 9.18 Å². The minimum atomic E-state index is -0.345. The van der Waals surface area contributed by atoms with Gasteiger partial charge in [-0.1, -0.05) is 46.9 Å². The Balaban J connectivity index is 1.45. The average Bonchev–Trinajstić information content (AvgIpc) is 3.11. The normalized spacial score (nSPS) is 15.1. The van der Waals surface area contributed by atoms with Crippen molar-refractivity contribution in [1.82, 2.24) is 15.5 Å². The van der Waals surface area contributed by atoms with E-state index in [2.05, 4.69) is 26.9 Å². The summed E-state index contributed by atoms with van der Waals surface area (Å²) in [5.41, 5.74) is 1.81. The molecule has 0 saturated carbocycles. The van der Waals surface area contributed by atoms with E-state index in [0.29, 0.717) is 21.7 Å². The Labute approximate surface area is 166 Å².